The summed E-state index contributed by atoms with van der Waals surface area (Å²) in [7, 11) is -1.17. The average Bonchev–Trinajstić information content (AvgIpc) is 2.10. The van der Waals surface area contributed by atoms with Crippen molar-refractivity contribution >= 4 is 20.0 Å². The summed E-state index contributed by atoms with van der Waals surface area (Å²) in [5.41, 5.74) is 0. The second-order valence-electron chi connectivity index (χ2n) is 4.53. The second kappa shape index (κ2) is 7.00. The van der Waals surface area contributed by atoms with Crippen LogP contribution in [0.4, 0.5) is 0 Å². The van der Waals surface area contributed by atoms with Gasteiger partial charge in [-0.15, -0.1) is 0 Å². The van der Waals surface area contributed by atoms with Gasteiger partial charge in [-0.1, -0.05) is 31.8 Å². The maximum atomic E-state index is 11.1. The first kappa shape index (κ1) is 14.6. The zero-order chi connectivity index (χ0) is 12.6. The number of allylic oxidation sites excluding steroid dienone is 2. The molecule has 0 heterocycles. The van der Waals surface area contributed by atoms with Gasteiger partial charge < -0.3 is 9.84 Å². The van der Waals surface area contributed by atoms with E-state index in [-0.39, 0.29) is 0 Å². The average molecular weight is 242 g/mol. The normalized spacial score (nSPS) is 12.2. The SMILES string of the molecule is C[Si](C)(C)CCOC(=O)/C=C/C=C\C(=O)O. The third-order valence-electron chi connectivity index (χ3n) is 1.68. The number of carboxylic acids is 1. The molecular formula is C11H18O4Si. The molecule has 0 unspecified atom stereocenters. The van der Waals surface area contributed by atoms with E-state index in [9.17, 15) is 9.59 Å². The highest BCUT2D eigenvalue weighted by Gasteiger charge is 2.12. The van der Waals surface area contributed by atoms with Gasteiger partial charge in [-0.3, -0.25) is 0 Å². The molecule has 0 saturated carbocycles. The number of carboxylic acid groups (broad SMARTS) is 1. The van der Waals surface area contributed by atoms with Crippen LogP contribution in [-0.2, 0) is 14.3 Å². The van der Waals surface area contributed by atoms with Crippen molar-refractivity contribution in [2.75, 3.05) is 6.61 Å². The van der Waals surface area contributed by atoms with Gasteiger partial charge >= 0.3 is 11.9 Å². The fraction of sp³-hybridized carbons (Fsp3) is 0.455. The van der Waals surface area contributed by atoms with Gasteiger partial charge in [0.05, 0.1) is 6.61 Å². The zero-order valence-electron chi connectivity index (χ0n) is 9.90. The van der Waals surface area contributed by atoms with Crippen LogP contribution >= 0.6 is 0 Å². The Morgan fingerprint density at radius 3 is 2.25 bits per heavy atom. The third-order valence-corrected chi connectivity index (χ3v) is 3.38. The Bertz CT molecular complexity index is 300. The Kier molecular flexibility index (Phi) is 6.40. The Balaban J connectivity index is 3.79. The standard InChI is InChI=1S/C11H18O4Si/c1-16(2,3)9-8-15-11(14)7-5-4-6-10(12)13/h4-7H,8-9H2,1-3H3,(H,12,13)/b6-4-,7-5+. The van der Waals surface area contributed by atoms with Crippen molar-refractivity contribution in [2.45, 2.75) is 25.7 Å². The number of carbonyl (C=O) groups is 2. The van der Waals surface area contributed by atoms with E-state index in [4.69, 9.17) is 9.84 Å². The summed E-state index contributed by atoms with van der Waals surface area (Å²) in [6, 6.07) is 0.928. The van der Waals surface area contributed by atoms with Gasteiger partial charge in [0.1, 0.15) is 0 Å². The molecule has 4 nitrogen and oxygen atoms in total. The van der Waals surface area contributed by atoms with E-state index < -0.39 is 20.0 Å². The van der Waals surface area contributed by atoms with Gasteiger partial charge in [0.2, 0.25) is 0 Å². The fourth-order valence-corrected chi connectivity index (χ4v) is 1.49. The molecular weight excluding hydrogens is 224 g/mol. The quantitative estimate of drug-likeness (QED) is 0.335. The summed E-state index contributed by atoms with van der Waals surface area (Å²) in [6.45, 7) is 7.03. The molecule has 1 N–H and O–H groups in total. The first-order chi connectivity index (χ1) is 7.31. The molecule has 0 spiro atoms. The number of rotatable bonds is 6. The second-order valence-corrected chi connectivity index (χ2v) is 10.2. The van der Waals surface area contributed by atoms with Crippen molar-refractivity contribution in [3.8, 4) is 0 Å². The highest BCUT2D eigenvalue weighted by atomic mass is 28.3. The summed E-state index contributed by atoms with van der Waals surface area (Å²) >= 11 is 0. The maximum Gasteiger partial charge on any atom is 0.330 e. The molecule has 0 amide bonds. The molecule has 0 fully saturated rings. The van der Waals surface area contributed by atoms with E-state index in [1.807, 2.05) is 0 Å². The third kappa shape index (κ3) is 10.7. The van der Waals surface area contributed by atoms with Gasteiger partial charge in [-0.05, 0) is 6.04 Å². The molecule has 0 aromatic heterocycles. The van der Waals surface area contributed by atoms with E-state index >= 15 is 0 Å². The lowest BCUT2D eigenvalue weighted by atomic mass is 10.4. The van der Waals surface area contributed by atoms with Crippen LogP contribution in [0.15, 0.2) is 24.3 Å². The van der Waals surface area contributed by atoms with Gasteiger partial charge in [0, 0.05) is 20.2 Å². The van der Waals surface area contributed by atoms with E-state index in [0.29, 0.717) is 6.61 Å². The Morgan fingerprint density at radius 1 is 1.19 bits per heavy atom. The number of carbonyl (C=O) groups excluding carboxylic acids is 1. The molecule has 0 aromatic rings. The van der Waals surface area contributed by atoms with Crippen molar-refractivity contribution in [1.29, 1.82) is 0 Å². The molecule has 16 heavy (non-hydrogen) atoms. The molecule has 0 atom stereocenters. The van der Waals surface area contributed by atoms with Crippen LogP contribution in [0, 0.1) is 0 Å². The molecule has 0 aromatic carbocycles. The predicted octanol–water partition coefficient (Wildman–Crippen LogP) is 2.06. The summed E-state index contributed by atoms with van der Waals surface area (Å²) in [5, 5.41) is 8.28. The van der Waals surface area contributed by atoms with Crippen molar-refractivity contribution in [3.63, 3.8) is 0 Å². The van der Waals surface area contributed by atoms with Crippen molar-refractivity contribution < 1.29 is 19.4 Å². The lowest BCUT2D eigenvalue weighted by Crippen LogP contribution is -2.22. The van der Waals surface area contributed by atoms with E-state index in [2.05, 4.69) is 19.6 Å². The first-order valence-corrected chi connectivity index (χ1v) is 8.76. The summed E-state index contributed by atoms with van der Waals surface area (Å²) < 4.78 is 4.95. The van der Waals surface area contributed by atoms with Crippen LogP contribution in [0.5, 0.6) is 0 Å². The highest BCUT2D eigenvalue weighted by Crippen LogP contribution is 2.07. The predicted molar refractivity (Wildman–Crippen MR) is 65.0 cm³/mol. The summed E-state index contributed by atoms with van der Waals surface area (Å²) in [6.07, 6.45) is 4.79. The largest absolute Gasteiger partial charge is 0.478 e. The van der Waals surface area contributed by atoms with E-state index in [1.165, 1.54) is 18.2 Å². The van der Waals surface area contributed by atoms with Crippen molar-refractivity contribution in [2.24, 2.45) is 0 Å². The Labute approximate surface area is 96.6 Å². The van der Waals surface area contributed by atoms with E-state index in [1.54, 1.807) is 0 Å². The molecule has 0 aliphatic rings. The smallest absolute Gasteiger partial charge is 0.330 e. The maximum absolute atomic E-state index is 11.1. The molecule has 0 rings (SSSR count). The van der Waals surface area contributed by atoms with Crippen LogP contribution in [0.1, 0.15) is 0 Å². The summed E-state index contributed by atoms with van der Waals surface area (Å²) in [4.78, 5) is 21.2. The van der Waals surface area contributed by atoms with E-state index in [0.717, 1.165) is 12.1 Å². The highest BCUT2D eigenvalue weighted by molar-refractivity contribution is 6.76. The van der Waals surface area contributed by atoms with Crippen molar-refractivity contribution in [1.82, 2.24) is 0 Å². The van der Waals surface area contributed by atoms with Crippen molar-refractivity contribution in [3.05, 3.63) is 24.3 Å². The molecule has 0 bridgehead atoms. The van der Waals surface area contributed by atoms with Crippen LogP contribution in [0.2, 0.25) is 25.7 Å². The molecule has 0 saturated heterocycles. The topological polar surface area (TPSA) is 63.6 Å². The number of hydrogen-bond donors (Lipinski definition) is 1. The lowest BCUT2D eigenvalue weighted by molar-refractivity contribution is -0.137. The van der Waals surface area contributed by atoms with Gasteiger partial charge in [-0.2, -0.15) is 0 Å². The number of hydrogen-bond acceptors (Lipinski definition) is 3. The summed E-state index contributed by atoms with van der Waals surface area (Å²) in [5.74, 6) is -1.48. The van der Waals surface area contributed by atoms with Crippen LogP contribution in [0.3, 0.4) is 0 Å². The monoisotopic (exact) mass is 242 g/mol. The Hall–Kier alpha value is -1.36. The molecule has 0 aliphatic carbocycles. The van der Waals surface area contributed by atoms with Gasteiger partial charge in [-0.25, -0.2) is 9.59 Å². The minimum Gasteiger partial charge on any atom is -0.478 e. The number of esters is 1. The fourth-order valence-electron chi connectivity index (χ4n) is 0.778. The number of ether oxygens (including phenoxy) is 1. The zero-order valence-corrected chi connectivity index (χ0v) is 10.9. The van der Waals surface area contributed by atoms with Gasteiger partial charge in [0.15, 0.2) is 0 Å². The molecule has 0 radical (unpaired) electrons. The Morgan fingerprint density at radius 2 is 1.75 bits per heavy atom. The van der Waals surface area contributed by atoms with Crippen LogP contribution < -0.4 is 0 Å². The lowest BCUT2D eigenvalue weighted by Gasteiger charge is -2.14. The van der Waals surface area contributed by atoms with Gasteiger partial charge in [0.25, 0.3) is 0 Å². The molecule has 90 valence electrons. The van der Waals surface area contributed by atoms with Crippen LogP contribution in [-0.4, -0.2) is 31.7 Å². The van der Waals surface area contributed by atoms with Crippen LogP contribution in [0.25, 0.3) is 0 Å². The molecule has 5 heteroatoms. The minimum atomic E-state index is -1.17. The first-order valence-electron chi connectivity index (χ1n) is 5.06. The number of aliphatic carboxylic acids is 1. The minimum absolute atomic E-state index is 0.432. The molecule has 0 aliphatic heterocycles.